The smallest absolute Gasteiger partial charge is 0.0712 e. The van der Waals surface area contributed by atoms with Gasteiger partial charge < -0.3 is 0 Å². The number of aromatic nitrogens is 1. The van der Waals surface area contributed by atoms with Crippen molar-refractivity contribution in [2.24, 2.45) is 0 Å². The van der Waals surface area contributed by atoms with E-state index in [0.29, 0.717) is 5.92 Å². The van der Waals surface area contributed by atoms with Crippen molar-refractivity contribution >= 4 is 10.9 Å². The molecule has 0 saturated heterocycles. The Balaban J connectivity index is 2.24. The predicted molar refractivity (Wildman–Crippen MR) is 86.0 cm³/mol. The third-order valence-electron chi connectivity index (χ3n) is 3.72. The lowest BCUT2D eigenvalue weighted by molar-refractivity contribution is 0.875. The molecule has 0 amide bonds. The molecule has 0 atom stereocenters. The lowest BCUT2D eigenvalue weighted by atomic mass is 9.96. The molecule has 0 N–H and O–H groups in total. The van der Waals surface area contributed by atoms with Gasteiger partial charge in [-0.1, -0.05) is 61.9 Å². The first-order valence-electron chi connectivity index (χ1n) is 7.12. The van der Waals surface area contributed by atoms with Gasteiger partial charge in [-0.3, -0.25) is 0 Å². The zero-order chi connectivity index (χ0) is 14.1. The second-order valence-corrected chi connectivity index (χ2v) is 5.63. The first-order chi connectivity index (χ1) is 9.65. The Morgan fingerprint density at radius 3 is 2.30 bits per heavy atom. The second-order valence-electron chi connectivity index (χ2n) is 5.63. The molecule has 0 aliphatic heterocycles. The Bertz CT molecular complexity index is 739. The zero-order valence-corrected chi connectivity index (χ0v) is 12.2. The zero-order valence-electron chi connectivity index (χ0n) is 12.2. The average molecular weight is 261 g/mol. The Morgan fingerprint density at radius 1 is 0.900 bits per heavy atom. The number of hydrogen-bond donors (Lipinski definition) is 0. The van der Waals surface area contributed by atoms with Crippen molar-refractivity contribution in [3.63, 3.8) is 0 Å². The van der Waals surface area contributed by atoms with Crippen molar-refractivity contribution in [3.8, 4) is 11.3 Å². The average Bonchev–Trinajstić information content (AvgIpc) is 2.46. The number of aryl methyl sites for hydroxylation is 1. The predicted octanol–water partition coefficient (Wildman–Crippen LogP) is 5.33. The topological polar surface area (TPSA) is 12.9 Å². The number of pyridine rings is 1. The molecule has 1 aromatic heterocycles. The fourth-order valence-corrected chi connectivity index (χ4v) is 2.55. The first-order valence-corrected chi connectivity index (χ1v) is 7.12. The Hall–Kier alpha value is -2.15. The summed E-state index contributed by atoms with van der Waals surface area (Å²) in [7, 11) is 0. The highest BCUT2D eigenvalue weighted by Crippen LogP contribution is 2.29. The van der Waals surface area contributed by atoms with Gasteiger partial charge in [0, 0.05) is 10.9 Å². The van der Waals surface area contributed by atoms with E-state index in [-0.39, 0.29) is 0 Å². The van der Waals surface area contributed by atoms with Gasteiger partial charge in [-0.2, -0.15) is 0 Å². The maximum atomic E-state index is 4.82. The third kappa shape index (κ3) is 2.32. The molecule has 1 heteroatoms. The van der Waals surface area contributed by atoms with E-state index < -0.39 is 0 Å². The summed E-state index contributed by atoms with van der Waals surface area (Å²) in [6, 6.07) is 19.2. The molecule has 0 aliphatic rings. The summed E-state index contributed by atoms with van der Waals surface area (Å²) < 4.78 is 0. The van der Waals surface area contributed by atoms with Crippen LogP contribution in [0.5, 0.6) is 0 Å². The standard InChI is InChI=1S/C19H19N/c1-13(2)17-12-19(15-10-8-14(3)9-11-15)20-18-7-5-4-6-16(17)18/h4-13H,1-3H3. The van der Waals surface area contributed by atoms with Gasteiger partial charge in [0.15, 0.2) is 0 Å². The van der Waals surface area contributed by atoms with Crippen LogP contribution in [0.4, 0.5) is 0 Å². The number of para-hydroxylation sites is 1. The number of hydrogen-bond acceptors (Lipinski definition) is 1. The molecule has 2 aromatic carbocycles. The van der Waals surface area contributed by atoms with Gasteiger partial charge in [-0.25, -0.2) is 4.98 Å². The molecule has 3 aromatic rings. The fourth-order valence-electron chi connectivity index (χ4n) is 2.55. The van der Waals surface area contributed by atoms with E-state index in [1.165, 1.54) is 22.1 Å². The summed E-state index contributed by atoms with van der Waals surface area (Å²) in [4.78, 5) is 4.82. The van der Waals surface area contributed by atoms with E-state index in [1.807, 2.05) is 0 Å². The van der Waals surface area contributed by atoms with Gasteiger partial charge in [0.25, 0.3) is 0 Å². The highest BCUT2D eigenvalue weighted by Gasteiger charge is 2.09. The maximum Gasteiger partial charge on any atom is 0.0712 e. The normalized spacial score (nSPS) is 11.2. The van der Waals surface area contributed by atoms with Crippen LogP contribution in [0.3, 0.4) is 0 Å². The van der Waals surface area contributed by atoms with Crippen molar-refractivity contribution in [1.29, 1.82) is 0 Å². The molecule has 0 fully saturated rings. The molecule has 1 heterocycles. The van der Waals surface area contributed by atoms with Crippen LogP contribution >= 0.6 is 0 Å². The molecule has 0 radical (unpaired) electrons. The minimum atomic E-state index is 0.493. The van der Waals surface area contributed by atoms with E-state index in [9.17, 15) is 0 Å². The summed E-state index contributed by atoms with van der Waals surface area (Å²) in [5.74, 6) is 0.493. The lowest BCUT2D eigenvalue weighted by Gasteiger charge is -2.12. The quantitative estimate of drug-likeness (QED) is 0.607. The summed E-state index contributed by atoms with van der Waals surface area (Å²) >= 11 is 0. The monoisotopic (exact) mass is 261 g/mol. The first kappa shape index (κ1) is 12.9. The van der Waals surface area contributed by atoms with E-state index in [0.717, 1.165) is 11.2 Å². The Morgan fingerprint density at radius 2 is 1.60 bits per heavy atom. The molecular formula is C19H19N. The number of nitrogens with zero attached hydrogens (tertiary/aromatic N) is 1. The van der Waals surface area contributed by atoms with E-state index in [4.69, 9.17) is 4.98 Å². The third-order valence-corrected chi connectivity index (χ3v) is 3.72. The summed E-state index contributed by atoms with van der Waals surface area (Å²) in [6.07, 6.45) is 0. The summed E-state index contributed by atoms with van der Waals surface area (Å²) in [5.41, 5.74) is 5.97. The molecular weight excluding hydrogens is 242 g/mol. The Labute approximate surface area is 120 Å². The van der Waals surface area contributed by atoms with Gasteiger partial charge in [0.1, 0.15) is 0 Å². The van der Waals surface area contributed by atoms with Crippen molar-refractivity contribution < 1.29 is 0 Å². The molecule has 1 nitrogen and oxygen atoms in total. The van der Waals surface area contributed by atoms with Crippen LogP contribution in [0.15, 0.2) is 54.6 Å². The van der Waals surface area contributed by atoms with Crippen LogP contribution in [-0.4, -0.2) is 4.98 Å². The van der Waals surface area contributed by atoms with Crippen LogP contribution in [0.25, 0.3) is 22.2 Å². The number of fused-ring (bicyclic) bond motifs is 1. The molecule has 0 bridgehead atoms. The van der Waals surface area contributed by atoms with Crippen LogP contribution in [-0.2, 0) is 0 Å². The molecule has 0 saturated carbocycles. The molecule has 20 heavy (non-hydrogen) atoms. The molecule has 100 valence electrons. The summed E-state index contributed by atoms with van der Waals surface area (Å²) in [6.45, 7) is 6.58. The van der Waals surface area contributed by atoms with Gasteiger partial charge in [-0.05, 0) is 30.5 Å². The van der Waals surface area contributed by atoms with Crippen LogP contribution in [0, 0.1) is 6.92 Å². The molecule has 0 spiro atoms. The SMILES string of the molecule is Cc1ccc(-c2cc(C(C)C)c3ccccc3n2)cc1. The number of rotatable bonds is 2. The maximum absolute atomic E-state index is 4.82. The highest BCUT2D eigenvalue weighted by molar-refractivity contribution is 5.85. The summed E-state index contributed by atoms with van der Waals surface area (Å²) in [5, 5.41) is 1.26. The van der Waals surface area contributed by atoms with Crippen molar-refractivity contribution in [2.45, 2.75) is 26.7 Å². The van der Waals surface area contributed by atoms with Gasteiger partial charge in [0.2, 0.25) is 0 Å². The van der Waals surface area contributed by atoms with Gasteiger partial charge in [-0.15, -0.1) is 0 Å². The van der Waals surface area contributed by atoms with Crippen molar-refractivity contribution in [2.75, 3.05) is 0 Å². The molecule has 3 rings (SSSR count). The van der Waals surface area contributed by atoms with Gasteiger partial charge in [0.05, 0.1) is 11.2 Å². The second kappa shape index (κ2) is 5.09. The number of benzene rings is 2. The van der Waals surface area contributed by atoms with Crippen LogP contribution in [0.1, 0.15) is 30.9 Å². The minimum absolute atomic E-state index is 0.493. The van der Waals surface area contributed by atoms with Gasteiger partial charge >= 0.3 is 0 Å². The van der Waals surface area contributed by atoms with Crippen LogP contribution in [0.2, 0.25) is 0 Å². The lowest BCUT2D eigenvalue weighted by Crippen LogP contribution is -1.94. The van der Waals surface area contributed by atoms with Crippen LogP contribution < -0.4 is 0 Å². The van der Waals surface area contributed by atoms with Crippen molar-refractivity contribution in [1.82, 2.24) is 4.98 Å². The minimum Gasteiger partial charge on any atom is -0.248 e. The van der Waals surface area contributed by atoms with Crippen molar-refractivity contribution in [3.05, 3.63) is 65.7 Å². The molecule has 0 aliphatic carbocycles. The fraction of sp³-hybridized carbons (Fsp3) is 0.211. The largest absolute Gasteiger partial charge is 0.248 e. The Kier molecular flexibility index (Phi) is 3.27. The van der Waals surface area contributed by atoms with E-state index >= 15 is 0 Å². The highest BCUT2D eigenvalue weighted by atomic mass is 14.7. The van der Waals surface area contributed by atoms with E-state index in [2.05, 4.69) is 75.4 Å². The van der Waals surface area contributed by atoms with E-state index in [1.54, 1.807) is 0 Å². The molecule has 0 unspecified atom stereocenters.